The molecular weight excluding hydrogens is 424 g/mol. The average Bonchev–Trinajstić information content (AvgIpc) is 3.13. The number of nitriles is 1. The lowest BCUT2D eigenvalue weighted by Crippen LogP contribution is -2.38. The molecule has 1 unspecified atom stereocenters. The molecule has 7 nitrogen and oxygen atoms in total. The monoisotopic (exact) mass is 440 g/mol. The first-order valence-corrected chi connectivity index (χ1v) is 10.5. The number of nitrogens with two attached hydrogens (primary N) is 1. The number of carbonyl (C=O) groups excluding carboxylic acids is 1. The highest BCUT2D eigenvalue weighted by Crippen LogP contribution is 2.49. The lowest BCUT2D eigenvalue weighted by Gasteiger charge is -2.39. The number of hydrogen-bond acceptors (Lipinski definition) is 7. The van der Waals surface area contributed by atoms with Crippen LogP contribution in [0.15, 0.2) is 53.0 Å². The Morgan fingerprint density at radius 2 is 2.10 bits per heavy atom. The van der Waals surface area contributed by atoms with Crippen LogP contribution in [0, 0.1) is 28.4 Å². The zero-order valence-corrected chi connectivity index (χ0v) is 17.6. The van der Waals surface area contributed by atoms with E-state index in [9.17, 15) is 20.2 Å². The van der Waals surface area contributed by atoms with Crippen molar-refractivity contribution in [2.45, 2.75) is 32.1 Å². The molecule has 1 atom stereocenters. The maximum Gasteiger partial charge on any atom is 0.294 e. The maximum absolute atomic E-state index is 13.0. The summed E-state index contributed by atoms with van der Waals surface area (Å²) < 4.78 is 0. The smallest absolute Gasteiger partial charge is 0.294 e. The summed E-state index contributed by atoms with van der Waals surface area (Å²) in [6.07, 6.45) is 1.51. The molecule has 30 heavy (non-hydrogen) atoms. The van der Waals surface area contributed by atoms with Crippen LogP contribution in [0.3, 0.4) is 0 Å². The molecule has 9 heteroatoms. The van der Waals surface area contributed by atoms with E-state index in [2.05, 4.69) is 6.07 Å². The number of nitro groups is 1. The fourth-order valence-electron chi connectivity index (χ4n) is 4.09. The van der Waals surface area contributed by atoms with E-state index in [1.54, 1.807) is 0 Å². The number of anilines is 1. The minimum absolute atomic E-state index is 0.0610. The quantitative estimate of drug-likeness (QED) is 0.535. The van der Waals surface area contributed by atoms with Gasteiger partial charge in [-0.1, -0.05) is 11.6 Å². The molecule has 1 aliphatic heterocycles. The molecule has 1 aliphatic carbocycles. The number of ketones is 1. The predicted molar refractivity (Wildman–Crippen MR) is 115 cm³/mol. The SMILES string of the molecule is Cc1ccc(C2C(C#N)=C(N)N(c3ccc(Cl)cc3[N+](=O)[O-])C3=C2C(=O)CCC3)s1. The number of allylic oxidation sites excluding steroid dienone is 3. The Bertz CT molecular complexity index is 1190. The highest BCUT2D eigenvalue weighted by atomic mass is 35.5. The van der Waals surface area contributed by atoms with Gasteiger partial charge in [-0.05, 0) is 44.0 Å². The fourth-order valence-corrected chi connectivity index (χ4v) is 5.25. The summed E-state index contributed by atoms with van der Waals surface area (Å²) in [4.78, 5) is 27.6. The van der Waals surface area contributed by atoms with Gasteiger partial charge in [0, 0.05) is 38.5 Å². The summed E-state index contributed by atoms with van der Waals surface area (Å²) in [5.41, 5.74) is 7.73. The molecule has 0 radical (unpaired) electrons. The highest BCUT2D eigenvalue weighted by molar-refractivity contribution is 7.12. The summed E-state index contributed by atoms with van der Waals surface area (Å²) >= 11 is 7.48. The number of thiophene rings is 1. The summed E-state index contributed by atoms with van der Waals surface area (Å²) in [6.45, 7) is 1.96. The standard InChI is InChI=1S/C21H17ClN4O3S/c1-11-5-8-18(30-11)19-13(10-23)21(24)25(15-3-2-4-17(27)20(15)19)14-7-6-12(22)9-16(14)26(28)29/h5-9,19H,2-4,24H2,1H3. The maximum atomic E-state index is 13.0. The van der Waals surface area contributed by atoms with Crippen molar-refractivity contribution in [3.8, 4) is 6.07 Å². The number of rotatable bonds is 3. The van der Waals surface area contributed by atoms with Crippen LogP contribution in [0.2, 0.25) is 5.02 Å². The van der Waals surface area contributed by atoms with E-state index in [1.165, 1.54) is 34.4 Å². The topological polar surface area (TPSA) is 113 Å². The van der Waals surface area contributed by atoms with Crippen LogP contribution in [0.25, 0.3) is 0 Å². The molecule has 2 N–H and O–H groups in total. The van der Waals surface area contributed by atoms with Gasteiger partial charge in [0.25, 0.3) is 5.69 Å². The van der Waals surface area contributed by atoms with Crippen molar-refractivity contribution in [1.82, 2.24) is 0 Å². The van der Waals surface area contributed by atoms with Crippen molar-refractivity contribution in [2.24, 2.45) is 5.73 Å². The van der Waals surface area contributed by atoms with Gasteiger partial charge in [0.05, 0.1) is 22.5 Å². The minimum atomic E-state index is -0.556. The molecule has 1 aromatic carbocycles. The third-order valence-corrected chi connectivity index (χ3v) is 6.63. The van der Waals surface area contributed by atoms with Crippen LogP contribution in [-0.2, 0) is 4.79 Å². The van der Waals surface area contributed by atoms with Gasteiger partial charge in [0.1, 0.15) is 11.5 Å². The first-order valence-electron chi connectivity index (χ1n) is 9.30. The van der Waals surface area contributed by atoms with E-state index in [-0.39, 0.29) is 33.6 Å². The van der Waals surface area contributed by atoms with Gasteiger partial charge < -0.3 is 5.73 Å². The Kier molecular flexibility index (Phi) is 5.10. The average molecular weight is 441 g/mol. The molecule has 2 heterocycles. The minimum Gasteiger partial charge on any atom is -0.384 e. The summed E-state index contributed by atoms with van der Waals surface area (Å²) in [6, 6.07) is 10.3. The third kappa shape index (κ3) is 3.16. The van der Waals surface area contributed by atoms with Crippen LogP contribution in [0.5, 0.6) is 0 Å². The molecular formula is C21H17ClN4O3S. The second-order valence-corrected chi connectivity index (χ2v) is 8.91. The van der Waals surface area contributed by atoms with E-state index < -0.39 is 10.8 Å². The van der Waals surface area contributed by atoms with Crippen molar-refractivity contribution in [1.29, 1.82) is 5.26 Å². The fraction of sp³-hybridized carbons (Fsp3) is 0.238. The Morgan fingerprint density at radius 1 is 1.33 bits per heavy atom. The highest BCUT2D eigenvalue weighted by Gasteiger charge is 2.42. The molecule has 0 bridgehead atoms. The number of nitrogens with zero attached hydrogens (tertiary/aromatic N) is 3. The van der Waals surface area contributed by atoms with Gasteiger partial charge in [0.2, 0.25) is 0 Å². The molecule has 0 spiro atoms. The molecule has 152 valence electrons. The Balaban J connectivity index is 2.01. The molecule has 0 saturated carbocycles. The molecule has 4 rings (SSSR count). The molecule has 2 aromatic rings. The summed E-state index contributed by atoms with van der Waals surface area (Å²) in [5, 5.41) is 21.9. The van der Waals surface area contributed by atoms with Crippen molar-refractivity contribution in [2.75, 3.05) is 4.90 Å². The van der Waals surface area contributed by atoms with Gasteiger partial charge in [0.15, 0.2) is 5.78 Å². The second-order valence-electron chi connectivity index (χ2n) is 7.15. The summed E-state index contributed by atoms with van der Waals surface area (Å²) in [5.74, 6) is -0.513. The van der Waals surface area contributed by atoms with E-state index >= 15 is 0 Å². The number of Topliss-reactive ketones (excluding diaryl/α,β-unsaturated/α-hetero) is 1. The normalized spacial score (nSPS) is 19.0. The Hall–Kier alpha value is -3.15. The van der Waals surface area contributed by atoms with Crippen molar-refractivity contribution in [3.63, 3.8) is 0 Å². The largest absolute Gasteiger partial charge is 0.384 e. The van der Waals surface area contributed by atoms with E-state index in [1.807, 2.05) is 19.1 Å². The van der Waals surface area contributed by atoms with Crippen molar-refractivity contribution >= 4 is 40.1 Å². The number of hydrogen-bond donors (Lipinski definition) is 1. The van der Waals surface area contributed by atoms with Gasteiger partial charge >= 0.3 is 0 Å². The number of halogens is 1. The van der Waals surface area contributed by atoms with Gasteiger partial charge in [-0.25, -0.2) is 0 Å². The predicted octanol–water partition coefficient (Wildman–Crippen LogP) is 4.92. The van der Waals surface area contributed by atoms with Crippen LogP contribution in [-0.4, -0.2) is 10.7 Å². The van der Waals surface area contributed by atoms with Crippen LogP contribution >= 0.6 is 22.9 Å². The number of carbonyl (C=O) groups is 1. The molecule has 2 aliphatic rings. The van der Waals surface area contributed by atoms with Gasteiger partial charge in [-0.15, -0.1) is 11.3 Å². The van der Waals surface area contributed by atoms with Crippen LogP contribution < -0.4 is 10.6 Å². The molecule has 0 amide bonds. The van der Waals surface area contributed by atoms with Crippen molar-refractivity contribution < 1.29 is 9.72 Å². The lowest BCUT2D eigenvalue weighted by atomic mass is 9.78. The van der Waals surface area contributed by atoms with Gasteiger partial charge in [-0.3, -0.25) is 19.8 Å². The Morgan fingerprint density at radius 3 is 2.73 bits per heavy atom. The molecule has 0 fully saturated rings. The zero-order valence-electron chi connectivity index (χ0n) is 16.0. The first kappa shape index (κ1) is 20.1. The van der Waals surface area contributed by atoms with E-state index in [0.717, 1.165) is 9.75 Å². The molecule has 1 aromatic heterocycles. The second kappa shape index (κ2) is 7.59. The van der Waals surface area contributed by atoms with Gasteiger partial charge in [-0.2, -0.15) is 5.26 Å². The number of benzene rings is 1. The number of aryl methyl sites for hydroxylation is 1. The zero-order chi connectivity index (χ0) is 21.6. The van der Waals surface area contributed by atoms with Crippen molar-refractivity contribution in [3.05, 3.63) is 77.9 Å². The van der Waals surface area contributed by atoms with Crippen LogP contribution in [0.4, 0.5) is 11.4 Å². The summed E-state index contributed by atoms with van der Waals surface area (Å²) in [7, 11) is 0. The van der Waals surface area contributed by atoms with E-state index in [0.29, 0.717) is 30.5 Å². The lowest BCUT2D eigenvalue weighted by molar-refractivity contribution is -0.384. The van der Waals surface area contributed by atoms with E-state index in [4.69, 9.17) is 17.3 Å². The molecule has 0 saturated heterocycles. The van der Waals surface area contributed by atoms with Crippen LogP contribution in [0.1, 0.15) is 34.9 Å². The Labute approximate surface area is 181 Å². The third-order valence-electron chi connectivity index (χ3n) is 5.33. The first-order chi connectivity index (χ1) is 14.3. The number of nitro benzene ring substituents is 1.